The van der Waals surface area contributed by atoms with Gasteiger partial charge in [0, 0.05) is 41.9 Å². The number of aromatic nitrogens is 2. The second kappa shape index (κ2) is 9.87. The lowest BCUT2D eigenvalue weighted by Crippen LogP contribution is -2.00. The molecule has 3 heterocycles. The summed E-state index contributed by atoms with van der Waals surface area (Å²) in [6.45, 7) is 0. The van der Waals surface area contributed by atoms with Crippen molar-refractivity contribution in [2.75, 3.05) is 0 Å². The first-order valence-electron chi connectivity index (χ1n) is 15.6. The van der Waals surface area contributed by atoms with Gasteiger partial charge in [0.25, 0.3) is 0 Å². The molecule has 46 heavy (non-hydrogen) atoms. The number of hydrogen-bond acceptors (Lipinski definition) is 2. The first kappa shape index (κ1) is 25.5. The fourth-order valence-corrected chi connectivity index (χ4v) is 8.63. The molecule has 10 rings (SSSR count). The second-order valence-electron chi connectivity index (χ2n) is 11.9. The maximum atomic E-state index is 5.44. The van der Waals surface area contributed by atoms with Crippen LogP contribution in [-0.2, 0) is 0 Å². The van der Waals surface area contributed by atoms with Gasteiger partial charge in [-0.15, -0.1) is 11.3 Å². The molecule has 2 nitrogen and oxygen atoms in total. The van der Waals surface area contributed by atoms with Crippen LogP contribution in [0.2, 0.25) is 0 Å². The molecule has 7 aromatic carbocycles. The van der Waals surface area contributed by atoms with Crippen molar-refractivity contribution in [3.63, 3.8) is 0 Å². The minimum Gasteiger partial charge on any atom is -0.293 e. The lowest BCUT2D eigenvalue weighted by molar-refractivity contribution is 1.09. The summed E-state index contributed by atoms with van der Waals surface area (Å²) in [6.07, 6.45) is 0. The number of pyridine rings is 1. The largest absolute Gasteiger partial charge is 0.293 e. The van der Waals surface area contributed by atoms with Gasteiger partial charge in [0.15, 0.2) is 0 Å². The van der Waals surface area contributed by atoms with Crippen molar-refractivity contribution in [3.05, 3.63) is 158 Å². The Morgan fingerprint density at radius 3 is 1.96 bits per heavy atom. The summed E-state index contributed by atoms with van der Waals surface area (Å²) >= 11 is 1.90. The quantitative estimate of drug-likeness (QED) is 0.184. The molecule has 0 unspecified atom stereocenters. The van der Waals surface area contributed by atoms with Gasteiger partial charge in [-0.1, -0.05) is 133 Å². The molecular formula is C43H26N2S. The minimum absolute atomic E-state index is 0.920. The van der Waals surface area contributed by atoms with Crippen molar-refractivity contribution < 1.29 is 0 Å². The van der Waals surface area contributed by atoms with Gasteiger partial charge in [0.1, 0.15) is 5.82 Å². The Morgan fingerprint density at radius 1 is 0.457 bits per heavy atom. The number of rotatable bonds is 3. The molecule has 0 amide bonds. The van der Waals surface area contributed by atoms with Crippen LogP contribution in [-0.4, -0.2) is 9.55 Å². The Morgan fingerprint density at radius 2 is 1.13 bits per heavy atom. The minimum atomic E-state index is 0.920. The highest BCUT2D eigenvalue weighted by atomic mass is 32.1. The van der Waals surface area contributed by atoms with E-state index in [4.69, 9.17) is 4.98 Å². The van der Waals surface area contributed by atoms with Crippen LogP contribution in [0.25, 0.3) is 91.7 Å². The molecule has 3 aromatic heterocycles. The maximum absolute atomic E-state index is 5.44. The fourth-order valence-electron chi connectivity index (χ4n) is 7.35. The molecule has 0 aliphatic carbocycles. The van der Waals surface area contributed by atoms with E-state index in [-0.39, 0.29) is 0 Å². The summed E-state index contributed by atoms with van der Waals surface area (Å²) in [7, 11) is 0. The van der Waals surface area contributed by atoms with Crippen molar-refractivity contribution in [1.82, 2.24) is 9.55 Å². The molecule has 3 heteroatoms. The second-order valence-corrected chi connectivity index (χ2v) is 13.0. The van der Waals surface area contributed by atoms with E-state index >= 15 is 0 Å². The maximum Gasteiger partial charge on any atom is 0.138 e. The van der Waals surface area contributed by atoms with Gasteiger partial charge in [-0.2, -0.15) is 0 Å². The summed E-state index contributed by atoms with van der Waals surface area (Å²) in [4.78, 5) is 5.44. The number of nitrogens with zero attached hydrogens (tertiary/aromatic N) is 2. The van der Waals surface area contributed by atoms with Gasteiger partial charge >= 0.3 is 0 Å². The number of fused-ring (bicyclic) bond motifs is 12. The van der Waals surface area contributed by atoms with Crippen molar-refractivity contribution >= 4 is 74.9 Å². The van der Waals surface area contributed by atoms with Crippen LogP contribution < -0.4 is 0 Å². The lowest BCUT2D eigenvalue weighted by atomic mass is 9.95. The Labute approximate surface area is 269 Å². The third kappa shape index (κ3) is 3.67. The zero-order valence-electron chi connectivity index (χ0n) is 24.8. The van der Waals surface area contributed by atoms with Gasteiger partial charge in [-0.05, 0) is 51.6 Å². The number of benzene rings is 7. The van der Waals surface area contributed by atoms with Crippen LogP contribution in [0.5, 0.6) is 0 Å². The van der Waals surface area contributed by atoms with E-state index < -0.39 is 0 Å². The Bertz CT molecular complexity index is 2730. The first-order valence-corrected chi connectivity index (χ1v) is 16.5. The van der Waals surface area contributed by atoms with Gasteiger partial charge < -0.3 is 0 Å². The molecule has 0 radical (unpaired) electrons. The predicted octanol–water partition coefficient (Wildman–Crippen LogP) is 12.2. The molecule has 0 aliphatic heterocycles. The van der Waals surface area contributed by atoms with Crippen LogP contribution in [0.4, 0.5) is 0 Å². The molecule has 0 aliphatic rings. The Kier molecular flexibility index (Phi) is 5.48. The van der Waals surface area contributed by atoms with Gasteiger partial charge in [0.05, 0.1) is 16.7 Å². The average Bonchev–Trinajstić information content (AvgIpc) is 3.68. The van der Waals surface area contributed by atoms with Crippen molar-refractivity contribution in [2.45, 2.75) is 0 Å². The number of thiophene rings is 1. The van der Waals surface area contributed by atoms with E-state index in [2.05, 4.69) is 162 Å². The first-order chi connectivity index (χ1) is 22.8. The van der Waals surface area contributed by atoms with Crippen LogP contribution >= 0.6 is 11.3 Å². The summed E-state index contributed by atoms with van der Waals surface area (Å²) in [5, 5.41) is 10.3. The summed E-state index contributed by atoms with van der Waals surface area (Å²) in [5.74, 6) is 0.920. The molecule has 0 N–H and O–H groups in total. The third-order valence-corrected chi connectivity index (χ3v) is 10.5. The molecule has 0 fully saturated rings. The van der Waals surface area contributed by atoms with Crippen LogP contribution in [0, 0.1) is 0 Å². The van der Waals surface area contributed by atoms with Gasteiger partial charge in [0.2, 0.25) is 0 Å². The molecule has 0 atom stereocenters. The normalized spacial score (nSPS) is 11.9. The summed E-state index contributed by atoms with van der Waals surface area (Å²) < 4.78 is 5.05. The topological polar surface area (TPSA) is 17.8 Å². The zero-order valence-corrected chi connectivity index (χ0v) is 25.6. The monoisotopic (exact) mass is 602 g/mol. The summed E-state index contributed by atoms with van der Waals surface area (Å²) in [6, 6.07) is 56.8. The van der Waals surface area contributed by atoms with Crippen molar-refractivity contribution in [3.8, 4) is 28.2 Å². The molecule has 214 valence electrons. The van der Waals surface area contributed by atoms with Crippen LogP contribution in [0.1, 0.15) is 0 Å². The van der Waals surface area contributed by atoms with Crippen molar-refractivity contribution in [2.24, 2.45) is 0 Å². The fraction of sp³-hybridized carbons (Fsp3) is 0. The Balaban J connectivity index is 1.45. The standard InChI is InChI=1S/C43H26N2S/c1-3-13-27(14-4-1)30-25-35(29-16-5-2-6-17-29)44-38(26-30)45-36-21-11-9-19-32(36)39-34-24-23-28-15-7-8-18-31(28)40(34)43-41(42(39)45)33-20-10-12-22-37(33)46-43/h1-26H. The number of para-hydroxylation sites is 1. The summed E-state index contributed by atoms with van der Waals surface area (Å²) in [5.41, 5.74) is 6.76. The SMILES string of the molecule is c1ccc(-c2cc(-c3ccccc3)nc(-n3c4ccccc4c4c5ccc6ccccc6c5c5sc6ccccc6c5c43)c2)cc1. The van der Waals surface area contributed by atoms with E-state index in [1.165, 1.54) is 63.6 Å². The molecule has 0 bridgehead atoms. The predicted molar refractivity (Wildman–Crippen MR) is 197 cm³/mol. The molecule has 0 spiro atoms. The lowest BCUT2D eigenvalue weighted by Gasteiger charge is -2.14. The van der Waals surface area contributed by atoms with E-state index in [0.29, 0.717) is 0 Å². The number of hydrogen-bond donors (Lipinski definition) is 0. The average molecular weight is 603 g/mol. The molecule has 0 saturated carbocycles. The van der Waals surface area contributed by atoms with Crippen LogP contribution in [0.15, 0.2) is 158 Å². The van der Waals surface area contributed by atoms with Gasteiger partial charge in [-0.25, -0.2) is 4.98 Å². The van der Waals surface area contributed by atoms with E-state index in [1.54, 1.807) is 0 Å². The zero-order chi connectivity index (χ0) is 30.2. The highest BCUT2D eigenvalue weighted by Crippen LogP contribution is 2.49. The van der Waals surface area contributed by atoms with Crippen LogP contribution in [0.3, 0.4) is 0 Å². The molecular weight excluding hydrogens is 577 g/mol. The van der Waals surface area contributed by atoms with E-state index in [9.17, 15) is 0 Å². The van der Waals surface area contributed by atoms with Gasteiger partial charge in [-0.3, -0.25) is 4.57 Å². The third-order valence-electron chi connectivity index (χ3n) is 9.35. The van der Waals surface area contributed by atoms with Crippen molar-refractivity contribution in [1.29, 1.82) is 0 Å². The highest BCUT2D eigenvalue weighted by molar-refractivity contribution is 7.27. The highest BCUT2D eigenvalue weighted by Gasteiger charge is 2.23. The Hall–Kier alpha value is -5.77. The van der Waals surface area contributed by atoms with E-state index in [1.807, 2.05) is 11.3 Å². The smallest absolute Gasteiger partial charge is 0.138 e. The van der Waals surface area contributed by atoms with E-state index in [0.717, 1.165) is 28.2 Å². The molecule has 0 saturated heterocycles. The molecule has 10 aromatic rings.